The van der Waals surface area contributed by atoms with Crippen LogP contribution in [0.2, 0.25) is 5.02 Å². The number of benzene rings is 1. The van der Waals surface area contributed by atoms with Crippen LogP contribution in [0, 0.1) is 17.0 Å². The molecule has 0 heterocycles. The maximum absolute atomic E-state index is 11.1. The van der Waals surface area contributed by atoms with E-state index in [1.165, 1.54) is 12.1 Å². The van der Waals surface area contributed by atoms with E-state index in [1.54, 1.807) is 6.92 Å². The van der Waals surface area contributed by atoms with Crippen molar-refractivity contribution in [3.8, 4) is 0 Å². The Morgan fingerprint density at radius 2 is 2.21 bits per heavy atom. The van der Waals surface area contributed by atoms with Crippen molar-refractivity contribution in [2.45, 2.75) is 32.7 Å². The zero-order valence-electron chi connectivity index (χ0n) is 10.6. The maximum atomic E-state index is 11.1. The number of nitro benzene ring substituents is 1. The number of nitrogens with one attached hydrogen (secondary N) is 1. The zero-order chi connectivity index (χ0) is 14.6. The topological polar surface area (TPSA) is 92.5 Å². The highest BCUT2D eigenvalue weighted by atomic mass is 35.5. The summed E-state index contributed by atoms with van der Waals surface area (Å²) in [6.07, 6.45) is 1.17. The second-order valence-electron chi connectivity index (χ2n) is 4.20. The molecule has 1 aromatic carbocycles. The molecule has 0 aliphatic carbocycles. The van der Waals surface area contributed by atoms with Crippen molar-refractivity contribution in [1.82, 2.24) is 0 Å². The monoisotopic (exact) mass is 286 g/mol. The van der Waals surface area contributed by atoms with Crippen molar-refractivity contribution in [2.75, 3.05) is 5.32 Å². The molecule has 104 valence electrons. The molecule has 0 spiro atoms. The van der Waals surface area contributed by atoms with E-state index in [9.17, 15) is 14.9 Å². The van der Waals surface area contributed by atoms with Crippen molar-refractivity contribution in [3.05, 3.63) is 32.8 Å². The number of aliphatic carboxylic acids is 1. The molecule has 0 amide bonds. The van der Waals surface area contributed by atoms with Crippen LogP contribution < -0.4 is 5.32 Å². The smallest absolute Gasteiger partial charge is 0.326 e. The third kappa shape index (κ3) is 3.82. The van der Waals surface area contributed by atoms with E-state index in [0.717, 1.165) is 0 Å². The Hall–Kier alpha value is -1.82. The fourth-order valence-corrected chi connectivity index (χ4v) is 1.93. The molecule has 1 unspecified atom stereocenters. The molecule has 0 bridgehead atoms. The lowest BCUT2D eigenvalue weighted by Crippen LogP contribution is -2.29. The predicted molar refractivity (Wildman–Crippen MR) is 72.8 cm³/mol. The Labute approximate surface area is 115 Å². The Bertz CT molecular complexity index is 505. The van der Waals surface area contributed by atoms with E-state index in [1.807, 2.05) is 6.92 Å². The van der Waals surface area contributed by atoms with Crippen LogP contribution in [0.25, 0.3) is 0 Å². The predicted octanol–water partition coefficient (Wildman–Crippen LogP) is 3.22. The molecule has 19 heavy (non-hydrogen) atoms. The Balaban J connectivity index is 3.04. The molecule has 2 N–H and O–H groups in total. The molecule has 0 aromatic heterocycles. The first kappa shape index (κ1) is 15.2. The van der Waals surface area contributed by atoms with Crippen molar-refractivity contribution in [3.63, 3.8) is 0 Å². The Morgan fingerprint density at radius 1 is 1.58 bits per heavy atom. The van der Waals surface area contributed by atoms with Gasteiger partial charge in [-0.05, 0) is 25.0 Å². The van der Waals surface area contributed by atoms with Crippen LogP contribution in [0.1, 0.15) is 25.3 Å². The largest absolute Gasteiger partial charge is 0.480 e. The second-order valence-corrected chi connectivity index (χ2v) is 4.61. The molecule has 1 aromatic rings. The summed E-state index contributed by atoms with van der Waals surface area (Å²) >= 11 is 5.81. The van der Waals surface area contributed by atoms with Gasteiger partial charge < -0.3 is 10.4 Å². The molecular weight excluding hydrogens is 272 g/mol. The molecule has 0 aliphatic heterocycles. The lowest BCUT2D eigenvalue weighted by atomic mass is 10.1. The lowest BCUT2D eigenvalue weighted by molar-refractivity contribution is -0.384. The molecule has 0 fully saturated rings. The summed E-state index contributed by atoms with van der Waals surface area (Å²) in [6, 6.07) is 1.98. The molecule has 0 aliphatic rings. The highest BCUT2D eigenvalue weighted by Gasteiger charge is 2.20. The molecule has 0 radical (unpaired) electrons. The summed E-state index contributed by atoms with van der Waals surface area (Å²) in [6.45, 7) is 3.55. The molecule has 7 heteroatoms. The summed E-state index contributed by atoms with van der Waals surface area (Å²) in [4.78, 5) is 21.2. The van der Waals surface area contributed by atoms with E-state index in [2.05, 4.69) is 5.32 Å². The van der Waals surface area contributed by atoms with Gasteiger partial charge in [0, 0.05) is 11.8 Å². The van der Waals surface area contributed by atoms with Crippen LogP contribution in [0.15, 0.2) is 12.1 Å². The van der Waals surface area contributed by atoms with Crippen LogP contribution in [0.5, 0.6) is 0 Å². The van der Waals surface area contributed by atoms with Gasteiger partial charge in [0.25, 0.3) is 5.69 Å². The first-order chi connectivity index (χ1) is 8.86. The van der Waals surface area contributed by atoms with E-state index < -0.39 is 16.9 Å². The first-order valence-electron chi connectivity index (χ1n) is 5.80. The van der Waals surface area contributed by atoms with Gasteiger partial charge in [-0.1, -0.05) is 24.9 Å². The minimum Gasteiger partial charge on any atom is -0.480 e. The minimum atomic E-state index is -0.962. The van der Waals surface area contributed by atoms with Gasteiger partial charge in [0.05, 0.1) is 4.92 Å². The van der Waals surface area contributed by atoms with Crippen LogP contribution in [0.3, 0.4) is 0 Å². The fraction of sp³-hybridized carbons (Fsp3) is 0.417. The average molecular weight is 287 g/mol. The number of nitro groups is 1. The second kappa shape index (κ2) is 6.38. The molecule has 1 atom stereocenters. The number of carboxylic acid groups (broad SMARTS) is 1. The van der Waals surface area contributed by atoms with E-state index in [0.29, 0.717) is 24.1 Å². The number of rotatable bonds is 6. The standard InChI is InChI=1S/C12H15ClN2O4/c1-3-4-9(12(16)17)14-10-6-8(13)11(15(18)19)5-7(10)2/h5-6,9,14H,3-4H2,1-2H3,(H,16,17). The SMILES string of the molecule is CCCC(Nc1cc(Cl)c([N+](=O)[O-])cc1C)C(=O)O. The van der Waals surface area contributed by atoms with Crippen molar-refractivity contribution in [1.29, 1.82) is 0 Å². The van der Waals surface area contributed by atoms with E-state index in [4.69, 9.17) is 16.7 Å². The third-order valence-electron chi connectivity index (χ3n) is 2.70. The summed E-state index contributed by atoms with van der Waals surface area (Å²) in [7, 11) is 0. The summed E-state index contributed by atoms with van der Waals surface area (Å²) in [5, 5.41) is 22.6. The van der Waals surface area contributed by atoms with Crippen molar-refractivity contribution in [2.24, 2.45) is 0 Å². The van der Waals surface area contributed by atoms with Crippen molar-refractivity contribution >= 4 is 28.9 Å². The quantitative estimate of drug-likeness (QED) is 0.619. The van der Waals surface area contributed by atoms with Crippen LogP contribution >= 0.6 is 11.6 Å². The van der Waals surface area contributed by atoms with Gasteiger partial charge in [0.2, 0.25) is 0 Å². The number of aryl methyl sites for hydroxylation is 1. The number of halogens is 1. The first-order valence-corrected chi connectivity index (χ1v) is 6.18. The van der Waals surface area contributed by atoms with E-state index >= 15 is 0 Å². The minimum absolute atomic E-state index is 0.0151. The Morgan fingerprint density at radius 3 is 2.68 bits per heavy atom. The van der Waals surface area contributed by atoms with Crippen LogP contribution in [0.4, 0.5) is 11.4 Å². The summed E-state index contributed by atoms with van der Waals surface area (Å²) in [5.41, 5.74) is 0.891. The number of nitrogens with zero attached hydrogens (tertiary/aromatic N) is 1. The van der Waals surface area contributed by atoms with Gasteiger partial charge in [0.1, 0.15) is 11.1 Å². The van der Waals surface area contributed by atoms with Crippen LogP contribution in [-0.4, -0.2) is 22.0 Å². The average Bonchev–Trinajstić information content (AvgIpc) is 2.32. The highest BCUT2D eigenvalue weighted by Crippen LogP contribution is 2.31. The number of hydrogen-bond donors (Lipinski definition) is 2. The molecule has 1 rings (SSSR count). The fourth-order valence-electron chi connectivity index (χ4n) is 1.70. The van der Waals surface area contributed by atoms with Gasteiger partial charge in [-0.2, -0.15) is 0 Å². The lowest BCUT2D eigenvalue weighted by Gasteiger charge is -2.17. The summed E-state index contributed by atoms with van der Waals surface area (Å²) < 4.78 is 0. The normalized spacial score (nSPS) is 11.9. The number of carboxylic acids is 1. The van der Waals surface area contributed by atoms with Gasteiger partial charge in [-0.3, -0.25) is 10.1 Å². The Kier molecular flexibility index (Phi) is 5.11. The van der Waals surface area contributed by atoms with E-state index in [-0.39, 0.29) is 10.7 Å². The molecule has 0 saturated heterocycles. The summed E-state index contributed by atoms with van der Waals surface area (Å²) in [5.74, 6) is -0.962. The molecular formula is C12H15ClN2O4. The third-order valence-corrected chi connectivity index (χ3v) is 3.00. The maximum Gasteiger partial charge on any atom is 0.326 e. The highest BCUT2D eigenvalue weighted by molar-refractivity contribution is 6.33. The molecule has 0 saturated carbocycles. The number of carbonyl (C=O) groups is 1. The van der Waals surface area contributed by atoms with Gasteiger partial charge in [0.15, 0.2) is 0 Å². The van der Waals surface area contributed by atoms with Gasteiger partial charge in [-0.25, -0.2) is 4.79 Å². The number of hydrogen-bond acceptors (Lipinski definition) is 4. The van der Waals surface area contributed by atoms with Crippen molar-refractivity contribution < 1.29 is 14.8 Å². The zero-order valence-corrected chi connectivity index (χ0v) is 11.4. The van der Waals surface area contributed by atoms with Gasteiger partial charge >= 0.3 is 5.97 Å². The van der Waals surface area contributed by atoms with Crippen LogP contribution in [-0.2, 0) is 4.79 Å². The van der Waals surface area contributed by atoms with Gasteiger partial charge in [-0.15, -0.1) is 0 Å². The number of anilines is 1. The molecule has 6 nitrogen and oxygen atoms in total.